The number of benzene rings is 2. The summed E-state index contributed by atoms with van der Waals surface area (Å²) < 4.78 is 11.8. The Kier molecular flexibility index (Phi) is 5.49. The molecule has 2 N–H and O–H groups in total. The normalized spacial score (nSPS) is 15.4. The largest absolute Gasteiger partial charge is 0.496 e. The second kappa shape index (κ2) is 7.65. The second-order valence-corrected chi connectivity index (χ2v) is 7.70. The van der Waals surface area contributed by atoms with Crippen molar-refractivity contribution in [3.8, 4) is 11.5 Å². The molecule has 9 heteroatoms. The summed E-state index contributed by atoms with van der Waals surface area (Å²) in [5, 5.41) is 13.1. The zero-order valence-electron chi connectivity index (χ0n) is 13.4. The van der Waals surface area contributed by atoms with Gasteiger partial charge in [-0.1, -0.05) is 24.0 Å². The fraction of sp³-hybridized carbons (Fsp3) is 0.118. The molecule has 0 unspecified atom stereocenters. The Balaban J connectivity index is 2.20. The lowest BCUT2D eigenvalue weighted by atomic mass is 10.0. The Labute approximate surface area is 166 Å². The van der Waals surface area contributed by atoms with Crippen molar-refractivity contribution >= 4 is 73.0 Å². The Morgan fingerprint density at radius 2 is 2.00 bits per heavy atom. The highest BCUT2D eigenvalue weighted by atomic mass is 79.9. The predicted molar refractivity (Wildman–Crippen MR) is 108 cm³/mol. The van der Waals surface area contributed by atoms with Gasteiger partial charge in [0.2, 0.25) is 0 Å². The van der Waals surface area contributed by atoms with Crippen molar-refractivity contribution in [3.05, 3.63) is 39.2 Å². The Morgan fingerprint density at radius 1 is 1.31 bits per heavy atom. The number of carboxylic acid groups (broad SMARTS) is 1. The molecule has 1 saturated heterocycles. The molecule has 0 spiro atoms. The number of rotatable bonds is 5. The van der Waals surface area contributed by atoms with Gasteiger partial charge < -0.3 is 19.9 Å². The monoisotopic (exact) mass is 453 g/mol. The summed E-state index contributed by atoms with van der Waals surface area (Å²) in [6, 6.07) is 7.07. The minimum Gasteiger partial charge on any atom is -0.496 e. The van der Waals surface area contributed by atoms with Gasteiger partial charge in [0.15, 0.2) is 6.61 Å². The van der Waals surface area contributed by atoms with E-state index in [4.69, 9.17) is 26.8 Å². The van der Waals surface area contributed by atoms with Gasteiger partial charge in [-0.15, -0.1) is 0 Å². The summed E-state index contributed by atoms with van der Waals surface area (Å²) in [5.41, 5.74) is 0.592. The van der Waals surface area contributed by atoms with Crippen LogP contribution >= 0.6 is 39.9 Å². The van der Waals surface area contributed by atoms with Crippen LogP contribution < -0.4 is 14.8 Å². The smallest absolute Gasteiger partial charge is 0.341 e. The van der Waals surface area contributed by atoms with Crippen molar-refractivity contribution in [2.45, 2.75) is 0 Å². The van der Waals surface area contributed by atoms with Gasteiger partial charge in [-0.3, -0.25) is 4.79 Å². The van der Waals surface area contributed by atoms with E-state index in [2.05, 4.69) is 21.2 Å². The van der Waals surface area contributed by atoms with Crippen LogP contribution in [0.15, 0.2) is 33.6 Å². The summed E-state index contributed by atoms with van der Waals surface area (Å²) >= 11 is 9.67. The van der Waals surface area contributed by atoms with Crippen LogP contribution in [0.2, 0.25) is 0 Å². The molecule has 6 nitrogen and oxygen atoms in total. The summed E-state index contributed by atoms with van der Waals surface area (Å²) in [5.74, 6) is -0.373. The van der Waals surface area contributed by atoms with Crippen LogP contribution in [-0.4, -0.2) is 35.0 Å². The maximum atomic E-state index is 12.0. The quantitative estimate of drug-likeness (QED) is 0.528. The van der Waals surface area contributed by atoms with E-state index in [9.17, 15) is 9.59 Å². The van der Waals surface area contributed by atoms with Crippen molar-refractivity contribution in [2.24, 2.45) is 0 Å². The first-order valence-electron chi connectivity index (χ1n) is 7.29. The van der Waals surface area contributed by atoms with E-state index in [0.29, 0.717) is 26.3 Å². The van der Waals surface area contributed by atoms with E-state index in [1.807, 2.05) is 6.07 Å². The van der Waals surface area contributed by atoms with E-state index < -0.39 is 12.6 Å². The lowest BCUT2D eigenvalue weighted by Crippen LogP contribution is -2.17. The van der Waals surface area contributed by atoms with Gasteiger partial charge >= 0.3 is 5.97 Å². The van der Waals surface area contributed by atoms with Gasteiger partial charge in [-0.2, -0.15) is 0 Å². The predicted octanol–water partition coefficient (Wildman–Crippen LogP) is 3.56. The van der Waals surface area contributed by atoms with E-state index in [0.717, 1.165) is 27.0 Å². The molecule has 1 aliphatic heterocycles. The standard InChI is InChI=1S/C17H12BrNO5S2/c1-23-12-5-2-8-9(15(12)18)3-4-11(24-7-14(20)21)10(8)6-13-16(22)19-17(25)26-13/h2-6H,7H2,1H3,(H,20,21)(H,19,22,25)/b13-6-. The number of halogens is 1. The minimum atomic E-state index is -1.09. The third kappa shape index (κ3) is 3.69. The SMILES string of the molecule is COc1ccc2c(/C=C3\SC(=S)NC3=O)c(OCC(=O)O)ccc2c1Br. The number of carbonyl (C=O) groups is 2. The third-order valence-corrected chi connectivity index (χ3v) is 5.57. The van der Waals surface area contributed by atoms with Crippen LogP contribution in [0.3, 0.4) is 0 Å². The van der Waals surface area contributed by atoms with E-state index in [1.165, 1.54) is 0 Å². The lowest BCUT2D eigenvalue weighted by molar-refractivity contribution is -0.139. The molecule has 3 rings (SSSR count). The molecule has 1 heterocycles. The zero-order valence-corrected chi connectivity index (χ0v) is 16.6. The number of ether oxygens (including phenoxy) is 2. The highest BCUT2D eigenvalue weighted by Gasteiger charge is 2.23. The Morgan fingerprint density at radius 3 is 2.62 bits per heavy atom. The van der Waals surface area contributed by atoms with E-state index >= 15 is 0 Å². The topological polar surface area (TPSA) is 84.9 Å². The van der Waals surface area contributed by atoms with Gasteiger partial charge in [-0.25, -0.2) is 4.79 Å². The highest BCUT2D eigenvalue weighted by Crippen LogP contribution is 2.39. The first kappa shape index (κ1) is 18.7. The molecule has 0 radical (unpaired) electrons. The van der Waals surface area contributed by atoms with Crippen LogP contribution in [0, 0.1) is 0 Å². The average Bonchev–Trinajstić information content (AvgIpc) is 2.91. The molecule has 0 saturated carbocycles. The molecule has 134 valence electrons. The van der Waals surface area contributed by atoms with Gasteiger partial charge in [0.1, 0.15) is 15.8 Å². The van der Waals surface area contributed by atoms with Crippen molar-refractivity contribution in [1.82, 2.24) is 5.32 Å². The van der Waals surface area contributed by atoms with Crippen molar-refractivity contribution in [3.63, 3.8) is 0 Å². The maximum absolute atomic E-state index is 12.0. The highest BCUT2D eigenvalue weighted by molar-refractivity contribution is 9.10. The number of carbonyl (C=O) groups excluding carboxylic acids is 1. The number of hydrogen-bond donors (Lipinski definition) is 2. The average molecular weight is 454 g/mol. The van der Waals surface area contributed by atoms with Gasteiger partial charge in [0, 0.05) is 10.9 Å². The number of aliphatic carboxylic acids is 1. The molecule has 0 bridgehead atoms. The van der Waals surface area contributed by atoms with Crippen LogP contribution in [0.1, 0.15) is 5.56 Å². The van der Waals surface area contributed by atoms with Crippen LogP contribution in [0.5, 0.6) is 11.5 Å². The van der Waals surface area contributed by atoms with Crippen LogP contribution in [0.25, 0.3) is 16.8 Å². The minimum absolute atomic E-state index is 0.297. The summed E-state index contributed by atoms with van der Waals surface area (Å²) in [4.78, 5) is 23.3. The molecule has 0 atom stereocenters. The van der Waals surface area contributed by atoms with Crippen molar-refractivity contribution < 1.29 is 24.2 Å². The van der Waals surface area contributed by atoms with Crippen LogP contribution in [0.4, 0.5) is 0 Å². The molecule has 2 aromatic carbocycles. The van der Waals surface area contributed by atoms with Crippen molar-refractivity contribution in [1.29, 1.82) is 0 Å². The molecular formula is C17H12BrNO5S2. The maximum Gasteiger partial charge on any atom is 0.341 e. The number of amides is 1. The summed E-state index contributed by atoms with van der Waals surface area (Å²) in [7, 11) is 1.57. The summed E-state index contributed by atoms with van der Waals surface area (Å²) in [6.07, 6.45) is 1.65. The number of fused-ring (bicyclic) bond motifs is 1. The number of thiocarbonyl (C=S) groups is 1. The number of nitrogens with one attached hydrogen (secondary N) is 1. The Bertz CT molecular complexity index is 973. The second-order valence-electron chi connectivity index (χ2n) is 5.19. The van der Waals surface area contributed by atoms with Crippen molar-refractivity contribution in [2.75, 3.05) is 13.7 Å². The molecule has 26 heavy (non-hydrogen) atoms. The first-order valence-corrected chi connectivity index (χ1v) is 9.31. The lowest BCUT2D eigenvalue weighted by Gasteiger charge is -2.13. The fourth-order valence-corrected chi connectivity index (χ4v) is 4.14. The number of hydrogen-bond acceptors (Lipinski definition) is 6. The molecule has 2 aromatic rings. The molecule has 1 amide bonds. The van der Waals surface area contributed by atoms with E-state index in [-0.39, 0.29) is 5.91 Å². The van der Waals surface area contributed by atoms with Gasteiger partial charge in [0.25, 0.3) is 5.91 Å². The van der Waals surface area contributed by atoms with Gasteiger partial charge in [-0.05, 0) is 51.7 Å². The number of carboxylic acids is 1. The molecule has 1 aliphatic rings. The zero-order chi connectivity index (χ0) is 18.8. The summed E-state index contributed by atoms with van der Waals surface area (Å²) in [6.45, 7) is -0.489. The van der Waals surface area contributed by atoms with E-state index in [1.54, 1.807) is 31.4 Å². The Hall–Kier alpha value is -2.10. The molecule has 0 aliphatic carbocycles. The first-order chi connectivity index (χ1) is 12.4. The third-order valence-electron chi connectivity index (χ3n) is 3.59. The molecular weight excluding hydrogens is 442 g/mol. The van der Waals surface area contributed by atoms with Gasteiger partial charge in [0.05, 0.1) is 16.5 Å². The fourth-order valence-electron chi connectivity index (χ4n) is 2.48. The number of thioether (sulfide) groups is 1. The van der Waals surface area contributed by atoms with Crippen LogP contribution in [-0.2, 0) is 9.59 Å². The molecule has 1 fully saturated rings. The molecule has 0 aromatic heterocycles. The number of methoxy groups -OCH3 is 1.